The predicted molar refractivity (Wildman–Crippen MR) is 128 cm³/mol. The Morgan fingerprint density at radius 3 is 2.49 bits per heavy atom. The van der Waals surface area contributed by atoms with E-state index in [1.807, 2.05) is 0 Å². The average Bonchev–Trinajstić information content (AvgIpc) is 3.54. The minimum absolute atomic E-state index is 0.0383. The highest BCUT2D eigenvalue weighted by molar-refractivity contribution is 8.00. The van der Waals surface area contributed by atoms with E-state index in [0.717, 1.165) is 21.9 Å². The summed E-state index contributed by atoms with van der Waals surface area (Å²) in [7, 11) is 0. The number of carboxylic acid groups (broad SMARTS) is 1. The van der Waals surface area contributed by atoms with E-state index in [2.05, 4.69) is 4.98 Å². The number of imide groups is 1. The minimum Gasteiger partial charge on any atom is -0.481 e. The topological polar surface area (TPSA) is 108 Å². The summed E-state index contributed by atoms with van der Waals surface area (Å²) in [5.74, 6) is -1.91. The number of unbranched alkanes of at least 4 members (excludes halogenated alkanes) is 2. The Morgan fingerprint density at radius 1 is 1.06 bits per heavy atom. The number of carbonyl (C=O) groups is 3. The number of likely N-dealkylation sites (tertiary alicyclic amines) is 1. The van der Waals surface area contributed by atoms with Gasteiger partial charge in [-0.25, -0.2) is 4.39 Å². The molecule has 2 aromatic rings. The second kappa shape index (κ2) is 8.58. The normalized spacial score (nSPS) is 32.6. The highest BCUT2D eigenvalue weighted by Gasteiger charge is 2.69. The van der Waals surface area contributed by atoms with Crippen LogP contribution < -0.4 is 4.87 Å². The molecule has 0 unspecified atom stereocenters. The van der Waals surface area contributed by atoms with Crippen LogP contribution in [0.4, 0.5) is 4.39 Å². The summed E-state index contributed by atoms with van der Waals surface area (Å²) in [4.78, 5) is 55.0. The van der Waals surface area contributed by atoms with Gasteiger partial charge in [-0.3, -0.25) is 24.1 Å². The molecule has 2 aliphatic carbocycles. The summed E-state index contributed by atoms with van der Waals surface area (Å²) < 4.78 is 13.7. The van der Waals surface area contributed by atoms with Crippen molar-refractivity contribution in [2.75, 3.05) is 6.54 Å². The van der Waals surface area contributed by atoms with Gasteiger partial charge in [-0.2, -0.15) is 0 Å². The van der Waals surface area contributed by atoms with Crippen LogP contribution in [0, 0.1) is 35.4 Å². The number of nitrogens with zero attached hydrogens (tertiary/aromatic N) is 1. The van der Waals surface area contributed by atoms with Crippen molar-refractivity contribution in [3.63, 3.8) is 0 Å². The number of halogens is 1. The lowest BCUT2D eigenvalue weighted by atomic mass is 9.68. The number of carboxylic acids is 1. The molecule has 1 aromatic heterocycles. The van der Waals surface area contributed by atoms with Crippen molar-refractivity contribution in [1.82, 2.24) is 9.88 Å². The van der Waals surface area contributed by atoms with Crippen LogP contribution in [0.3, 0.4) is 0 Å². The minimum atomic E-state index is -0.838. The van der Waals surface area contributed by atoms with Gasteiger partial charge in [0.05, 0.1) is 16.9 Å². The number of thiazole rings is 1. The first-order chi connectivity index (χ1) is 16.8. The number of amides is 2. The van der Waals surface area contributed by atoms with Gasteiger partial charge < -0.3 is 10.1 Å². The lowest BCUT2D eigenvalue weighted by Crippen LogP contribution is -2.42. The molecule has 10 heteroatoms. The molecule has 2 aliphatic heterocycles. The van der Waals surface area contributed by atoms with Crippen molar-refractivity contribution in [3.05, 3.63) is 50.2 Å². The fourth-order valence-electron chi connectivity index (χ4n) is 7.07. The maximum absolute atomic E-state index is 13.7. The van der Waals surface area contributed by atoms with E-state index in [-0.39, 0.29) is 69.7 Å². The largest absolute Gasteiger partial charge is 0.481 e. The van der Waals surface area contributed by atoms with E-state index in [9.17, 15) is 23.6 Å². The molecule has 1 aromatic carbocycles. The number of fused-ring (bicyclic) bond motifs is 9. The zero-order valence-corrected chi connectivity index (χ0v) is 20.4. The summed E-state index contributed by atoms with van der Waals surface area (Å²) in [6.45, 7) is 0.342. The Labute approximate surface area is 209 Å². The van der Waals surface area contributed by atoms with Crippen molar-refractivity contribution < 1.29 is 23.9 Å². The van der Waals surface area contributed by atoms with Crippen molar-refractivity contribution in [3.8, 4) is 0 Å². The third-order valence-corrected chi connectivity index (χ3v) is 10.9. The number of rotatable bonds is 7. The molecule has 2 N–H and O–H groups in total. The number of carbonyl (C=O) groups excluding carboxylic acids is 2. The number of nitrogens with one attached hydrogen (secondary N) is 1. The maximum Gasteiger partial charge on any atom is 0.305 e. The van der Waals surface area contributed by atoms with E-state index >= 15 is 0 Å². The molecule has 6 rings (SSSR count). The Balaban J connectivity index is 1.28. The molecule has 1 saturated heterocycles. The number of hydrogen-bond donors (Lipinski definition) is 2. The maximum atomic E-state index is 13.7. The lowest BCUT2D eigenvalue weighted by Gasteiger charge is -2.43. The Bertz CT molecular complexity index is 1260. The highest BCUT2D eigenvalue weighted by Crippen LogP contribution is 2.68. The van der Waals surface area contributed by atoms with Gasteiger partial charge in [0.25, 0.3) is 0 Å². The molecule has 3 heterocycles. The molecule has 4 aliphatic rings. The van der Waals surface area contributed by atoms with Gasteiger partial charge in [0.2, 0.25) is 11.8 Å². The number of thioether (sulfide) groups is 1. The highest BCUT2D eigenvalue weighted by atomic mass is 32.2. The first-order valence-corrected chi connectivity index (χ1v) is 13.8. The second-order valence-corrected chi connectivity index (χ2v) is 12.2. The van der Waals surface area contributed by atoms with Crippen molar-refractivity contribution in [1.29, 1.82) is 0 Å². The molecule has 7 nitrogen and oxygen atoms in total. The zero-order chi connectivity index (χ0) is 24.4. The molecular formula is C25H25FN2O5S2. The summed E-state index contributed by atoms with van der Waals surface area (Å²) in [5, 5.41) is 9.76. The number of aromatic nitrogens is 1. The van der Waals surface area contributed by atoms with Gasteiger partial charge >= 0.3 is 10.8 Å². The van der Waals surface area contributed by atoms with Crippen LogP contribution >= 0.6 is 23.1 Å². The first-order valence-electron chi connectivity index (χ1n) is 12.1. The average molecular weight is 517 g/mol. The molecular weight excluding hydrogens is 491 g/mol. The van der Waals surface area contributed by atoms with Gasteiger partial charge in [0, 0.05) is 29.0 Å². The van der Waals surface area contributed by atoms with Crippen LogP contribution in [0.25, 0.3) is 0 Å². The number of aromatic amines is 1. The third-order valence-electron chi connectivity index (χ3n) is 8.32. The Hall–Kier alpha value is -2.46. The van der Waals surface area contributed by atoms with Gasteiger partial charge in [-0.1, -0.05) is 29.9 Å². The van der Waals surface area contributed by atoms with E-state index < -0.39 is 5.97 Å². The summed E-state index contributed by atoms with van der Waals surface area (Å²) in [5.41, 5.74) is 0.939. The smallest absolute Gasteiger partial charge is 0.305 e. The molecule has 0 radical (unpaired) electrons. The SMILES string of the molecule is O=C(O)CCCCCN1C(=O)[C@@H]2[C@H]3C[C@@H]([C@@H]4Sc5[nH]c(=O)sc5[C@@H](c5ccc(F)cc5)[C@@H]34)[C@H]2C1=O. The summed E-state index contributed by atoms with van der Waals surface area (Å²) >= 11 is 2.83. The molecule has 2 bridgehead atoms. The van der Waals surface area contributed by atoms with E-state index in [1.54, 1.807) is 23.9 Å². The van der Waals surface area contributed by atoms with Crippen LogP contribution in [0.15, 0.2) is 34.1 Å². The molecule has 184 valence electrons. The van der Waals surface area contributed by atoms with E-state index in [4.69, 9.17) is 5.11 Å². The van der Waals surface area contributed by atoms with Crippen LogP contribution in [0.5, 0.6) is 0 Å². The quantitative estimate of drug-likeness (QED) is 0.429. The van der Waals surface area contributed by atoms with E-state index in [1.165, 1.54) is 28.4 Å². The van der Waals surface area contributed by atoms with Crippen molar-refractivity contribution >= 4 is 40.9 Å². The standard InChI is InChI=1S/C25H25FN2O5S2/c26-12-7-5-11(6-8-12)16-17-13-10-14(20(17)34-22-21(16)35-25(33)27-22)19-18(13)23(31)28(24(19)32)9-3-1-2-4-15(29)30/h5-8,13-14,16-20H,1-4,9-10H2,(H,27,33)(H,29,30)/t13-,14+,16-,17+,18+,19+,20-/m0/s1. The Kier molecular flexibility index (Phi) is 5.63. The van der Waals surface area contributed by atoms with Crippen molar-refractivity contribution in [2.24, 2.45) is 29.6 Å². The van der Waals surface area contributed by atoms with Crippen LogP contribution in [-0.4, -0.2) is 44.6 Å². The number of aliphatic carboxylic acids is 1. The Morgan fingerprint density at radius 2 is 1.77 bits per heavy atom. The van der Waals surface area contributed by atoms with Gasteiger partial charge in [0.1, 0.15) is 5.82 Å². The fraction of sp³-hybridized carbons (Fsp3) is 0.520. The van der Waals surface area contributed by atoms with Crippen molar-refractivity contribution in [2.45, 2.75) is 48.3 Å². The monoisotopic (exact) mass is 516 g/mol. The summed E-state index contributed by atoms with van der Waals surface area (Å²) in [6.07, 6.45) is 2.71. The first kappa shape index (κ1) is 23.0. The van der Waals surface area contributed by atoms with Gasteiger partial charge in [0.15, 0.2) is 0 Å². The lowest BCUT2D eigenvalue weighted by molar-refractivity contribution is -0.141. The predicted octanol–water partition coefficient (Wildman–Crippen LogP) is 3.69. The molecule has 3 fully saturated rings. The number of hydrogen-bond acceptors (Lipinski definition) is 6. The van der Waals surface area contributed by atoms with Crippen LogP contribution in [-0.2, 0) is 14.4 Å². The second-order valence-electron chi connectivity index (χ2n) is 10.0. The van der Waals surface area contributed by atoms with Crippen LogP contribution in [0.1, 0.15) is 48.5 Å². The molecule has 35 heavy (non-hydrogen) atoms. The van der Waals surface area contributed by atoms with Gasteiger partial charge in [-0.05, 0) is 54.7 Å². The third kappa shape index (κ3) is 3.59. The molecule has 2 saturated carbocycles. The molecule has 0 spiro atoms. The number of H-pyrrole nitrogens is 1. The van der Waals surface area contributed by atoms with E-state index in [0.29, 0.717) is 25.8 Å². The van der Waals surface area contributed by atoms with Crippen LogP contribution in [0.2, 0.25) is 0 Å². The van der Waals surface area contributed by atoms with Gasteiger partial charge in [-0.15, -0.1) is 11.8 Å². The number of benzene rings is 1. The zero-order valence-electron chi connectivity index (χ0n) is 18.8. The summed E-state index contributed by atoms with van der Waals surface area (Å²) in [6, 6.07) is 6.42. The molecule has 7 atom stereocenters. The fourth-order valence-corrected chi connectivity index (χ4v) is 9.95. The molecule has 2 amide bonds.